The minimum Gasteiger partial charge on any atom is -0.357 e. The lowest BCUT2D eigenvalue weighted by molar-refractivity contribution is -0.170. The lowest BCUT2D eigenvalue weighted by Gasteiger charge is -2.44. The number of morpholine rings is 1. The van der Waals surface area contributed by atoms with E-state index in [9.17, 15) is 9.59 Å². The summed E-state index contributed by atoms with van der Waals surface area (Å²) >= 11 is 0. The Morgan fingerprint density at radius 3 is 2.80 bits per heavy atom. The summed E-state index contributed by atoms with van der Waals surface area (Å²) < 4.78 is 6.47. The van der Waals surface area contributed by atoms with Crippen LogP contribution in [0, 0.1) is 11.8 Å². The first-order chi connectivity index (χ1) is 14.6. The fraction of sp³-hybridized carbons (Fsp3) is 0.696. The van der Waals surface area contributed by atoms with Crippen molar-refractivity contribution >= 4 is 11.8 Å². The first-order valence-corrected chi connectivity index (χ1v) is 11.5. The zero-order valence-corrected chi connectivity index (χ0v) is 17.6. The zero-order valence-electron chi connectivity index (χ0n) is 17.6. The Morgan fingerprint density at radius 2 is 2.10 bits per heavy atom. The number of carbonyl (C=O) groups is 2. The predicted octanol–water partition coefficient (Wildman–Crippen LogP) is 1.58. The zero-order chi connectivity index (χ0) is 20.6. The topological polar surface area (TPSA) is 74.8 Å². The van der Waals surface area contributed by atoms with Gasteiger partial charge >= 0.3 is 0 Å². The van der Waals surface area contributed by atoms with Gasteiger partial charge in [0.25, 0.3) is 5.91 Å². The maximum absolute atomic E-state index is 13.0. The van der Waals surface area contributed by atoms with Crippen LogP contribution >= 0.6 is 0 Å². The van der Waals surface area contributed by atoms with E-state index in [1.807, 2.05) is 17.0 Å². The van der Waals surface area contributed by atoms with Crippen LogP contribution in [0.1, 0.15) is 44.1 Å². The van der Waals surface area contributed by atoms with Gasteiger partial charge in [0, 0.05) is 51.0 Å². The summed E-state index contributed by atoms with van der Waals surface area (Å²) in [7, 11) is 0. The average Bonchev–Trinajstić information content (AvgIpc) is 3.44. The van der Waals surface area contributed by atoms with Crippen LogP contribution in [0.5, 0.6) is 0 Å². The van der Waals surface area contributed by atoms with Gasteiger partial charge < -0.3 is 15.0 Å². The van der Waals surface area contributed by atoms with Gasteiger partial charge in [-0.25, -0.2) is 0 Å². The van der Waals surface area contributed by atoms with Crippen LogP contribution in [-0.4, -0.2) is 71.0 Å². The number of nitrogens with one attached hydrogen (secondary N) is 1. The second-order valence-electron chi connectivity index (χ2n) is 9.64. The van der Waals surface area contributed by atoms with E-state index in [1.165, 1.54) is 19.3 Å². The predicted molar refractivity (Wildman–Crippen MR) is 111 cm³/mol. The highest BCUT2D eigenvalue weighted by molar-refractivity contribution is 5.81. The Kier molecular flexibility index (Phi) is 5.50. The molecule has 1 aromatic rings. The highest BCUT2D eigenvalue weighted by atomic mass is 16.5. The molecule has 1 aromatic heterocycles. The number of amides is 2. The molecule has 2 atom stereocenters. The van der Waals surface area contributed by atoms with Gasteiger partial charge in [-0.1, -0.05) is 12.5 Å². The van der Waals surface area contributed by atoms with Crippen molar-refractivity contribution in [2.24, 2.45) is 11.8 Å². The lowest BCUT2D eigenvalue weighted by atomic mass is 9.84. The number of hydrogen-bond donors (Lipinski definition) is 1. The molecule has 2 aliphatic heterocycles. The average molecular weight is 413 g/mol. The number of ether oxygens (including phenoxy) is 1. The standard InChI is InChI=1S/C23H32N4O3/c28-21(25-12-18-3-2-9-24-11-18)20-14-26(13-17-6-7-17)15-23(30-20)8-10-27(16-23)22(29)19-4-1-5-19/h2-3,9,11,17,19-20H,1,4-8,10,12-16H2,(H,25,28). The summed E-state index contributed by atoms with van der Waals surface area (Å²) in [6.45, 7) is 4.31. The Morgan fingerprint density at radius 1 is 1.23 bits per heavy atom. The second-order valence-corrected chi connectivity index (χ2v) is 9.64. The summed E-state index contributed by atoms with van der Waals surface area (Å²) in [5, 5.41) is 3.02. The van der Waals surface area contributed by atoms with Gasteiger partial charge in [-0.3, -0.25) is 19.5 Å². The third-order valence-electron chi connectivity index (χ3n) is 7.11. The number of likely N-dealkylation sites (tertiary alicyclic amines) is 1. The molecule has 7 nitrogen and oxygen atoms in total. The maximum atomic E-state index is 13.0. The van der Waals surface area contributed by atoms with E-state index in [4.69, 9.17) is 4.74 Å². The van der Waals surface area contributed by atoms with Gasteiger partial charge in [0.05, 0.1) is 6.54 Å². The first-order valence-electron chi connectivity index (χ1n) is 11.5. The molecule has 2 aliphatic carbocycles. The van der Waals surface area contributed by atoms with Crippen LogP contribution in [0.2, 0.25) is 0 Å². The van der Waals surface area contributed by atoms with Crippen molar-refractivity contribution in [2.75, 3.05) is 32.7 Å². The number of nitrogens with zero attached hydrogens (tertiary/aromatic N) is 3. The van der Waals surface area contributed by atoms with E-state index in [0.717, 1.165) is 50.4 Å². The molecule has 4 fully saturated rings. The van der Waals surface area contributed by atoms with Crippen molar-refractivity contribution in [2.45, 2.75) is 56.8 Å². The van der Waals surface area contributed by atoms with Gasteiger partial charge in [-0.05, 0) is 49.7 Å². The summed E-state index contributed by atoms with van der Waals surface area (Å²) in [5.74, 6) is 1.19. The molecule has 2 unspecified atom stereocenters. The summed E-state index contributed by atoms with van der Waals surface area (Å²) in [4.78, 5) is 34.3. The molecule has 1 N–H and O–H groups in total. The minimum atomic E-state index is -0.493. The smallest absolute Gasteiger partial charge is 0.250 e. The Balaban J connectivity index is 1.24. The van der Waals surface area contributed by atoms with Crippen LogP contribution in [-0.2, 0) is 20.9 Å². The van der Waals surface area contributed by atoms with Crippen LogP contribution < -0.4 is 5.32 Å². The molecular formula is C23H32N4O3. The van der Waals surface area contributed by atoms with Crippen LogP contribution in [0.25, 0.3) is 0 Å². The molecule has 0 radical (unpaired) electrons. The van der Waals surface area contributed by atoms with E-state index < -0.39 is 11.7 Å². The van der Waals surface area contributed by atoms with Gasteiger partial charge in [0.1, 0.15) is 11.7 Å². The Labute approximate surface area is 178 Å². The monoisotopic (exact) mass is 412 g/mol. The number of rotatable bonds is 6. The Bertz CT molecular complexity index is 780. The van der Waals surface area contributed by atoms with Gasteiger partial charge in [-0.15, -0.1) is 0 Å². The normalized spacial score (nSPS) is 29.7. The number of carbonyl (C=O) groups excluding carboxylic acids is 2. The van der Waals surface area contributed by atoms with Crippen molar-refractivity contribution in [3.05, 3.63) is 30.1 Å². The Hall–Kier alpha value is -1.99. The molecule has 5 rings (SSSR count). The molecule has 162 valence electrons. The lowest BCUT2D eigenvalue weighted by Crippen LogP contribution is -2.60. The molecule has 4 aliphatic rings. The van der Waals surface area contributed by atoms with E-state index in [0.29, 0.717) is 25.5 Å². The van der Waals surface area contributed by atoms with Crippen molar-refractivity contribution in [3.63, 3.8) is 0 Å². The van der Waals surface area contributed by atoms with Gasteiger partial charge in [-0.2, -0.15) is 0 Å². The summed E-state index contributed by atoms with van der Waals surface area (Å²) in [5.41, 5.74) is 0.562. The summed E-state index contributed by atoms with van der Waals surface area (Å²) in [6, 6.07) is 3.83. The number of pyridine rings is 1. The van der Waals surface area contributed by atoms with Crippen molar-refractivity contribution in [1.29, 1.82) is 0 Å². The highest BCUT2D eigenvalue weighted by Gasteiger charge is 2.49. The molecule has 2 amide bonds. The quantitative estimate of drug-likeness (QED) is 0.768. The molecule has 2 saturated heterocycles. The molecule has 3 heterocycles. The van der Waals surface area contributed by atoms with Gasteiger partial charge in [0.15, 0.2) is 0 Å². The highest BCUT2D eigenvalue weighted by Crippen LogP contribution is 2.37. The van der Waals surface area contributed by atoms with E-state index >= 15 is 0 Å². The largest absolute Gasteiger partial charge is 0.357 e. The molecule has 30 heavy (non-hydrogen) atoms. The molecular weight excluding hydrogens is 380 g/mol. The number of aromatic nitrogens is 1. The first kappa shape index (κ1) is 19.9. The third-order valence-corrected chi connectivity index (χ3v) is 7.11. The molecule has 1 spiro atoms. The SMILES string of the molecule is O=C(NCc1cccnc1)C1CN(CC2CC2)CC2(CCN(C(=O)C3CCC3)C2)O1. The van der Waals surface area contributed by atoms with Crippen molar-refractivity contribution in [3.8, 4) is 0 Å². The molecule has 7 heteroatoms. The van der Waals surface area contributed by atoms with Gasteiger partial charge in [0.2, 0.25) is 5.91 Å². The second kappa shape index (κ2) is 8.27. The van der Waals surface area contributed by atoms with Crippen LogP contribution in [0.15, 0.2) is 24.5 Å². The fourth-order valence-corrected chi connectivity index (χ4v) is 5.00. The van der Waals surface area contributed by atoms with Crippen LogP contribution in [0.3, 0.4) is 0 Å². The van der Waals surface area contributed by atoms with Crippen LogP contribution in [0.4, 0.5) is 0 Å². The van der Waals surface area contributed by atoms with Crippen molar-refractivity contribution < 1.29 is 14.3 Å². The maximum Gasteiger partial charge on any atom is 0.250 e. The minimum absolute atomic E-state index is 0.0671. The number of hydrogen-bond acceptors (Lipinski definition) is 5. The van der Waals surface area contributed by atoms with E-state index in [2.05, 4.69) is 15.2 Å². The third kappa shape index (κ3) is 4.37. The molecule has 2 saturated carbocycles. The van der Waals surface area contributed by atoms with E-state index in [-0.39, 0.29) is 11.8 Å². The summed E-state index contributed by atoms with van der Waals surface area (Å²) in [6.07, 6.45) is 9.61. The van der Waals surface area contributed by atoms with E-state index in [1.54, 1.807) is 12.4 Å². The molecule has 0 bridgehead atoms. The fourth-order valence-electron chi connectivity index (χ4n) is 5.00. The molecule has 0 aromatic carbocycles. The van der Waals surface area contributed by atoms with Crippen molar-refractivity contribution in [1.82, 2.24) is 20.1 Å².